The number of thiocarbonyl (C=S) groups is 1. The van der Waals surface area contributed by atoms with Crippen molar-refractivity contribution in [1.29, 1.82) is 0 Å². The van der Waals surface area contributed by atoms with E-state index in [1.54, 1.807) is 7.11 Å². The lowest BCUT2D eigenvalue weighted by Crippen LogP contribution is -2.54. The number of carbonyl (C=O) groups excluding carboxylic acids is 1. The van der Waals surface area contributed by atoms with Gasteiger partial charge in [0.05, 0.1) is 24.2 Å². The maximum absolute atomic E-state index is 11.6. The fraction of sp³-hybridized carbons (Fsp3) is 0.833. The lowest BCUT2D eigenvalue weighted by Gasteiger charge is -2.37. The van der Waals surface area contributed by atoms with Crippen LogP contribution >= 0.6 is 12.2 Å². The van der Waals surface area contributed by atoms with Crippen LogP contribution in [0.25, 0.3) is 0 Å². The number of rotatable bonds is 7. The van der Waals surface area contributed by atoms with Gasteiger partial charge in [-0.15, -0.1) is 0 Å². The molecule has 1 aliphatic heterocycles. The highest BCUT2D eigenvalue weighted by atomic mass is 32.1. The Bertz CT molecular complexity index is 306. The topological polar surface area (TPSA) is 70.8 Å². The van der Waals surface area contributed by atoms with Crippen LogP contribution in [0, 0.1) is 0 Å². The Balaban J connectivity index is 2.22. The second kappa shape index (κ2) is 8.42. The minimum absolute atomic E-state index is 0.0490. The molecule has 0 saturated carbocycles. The number of hydrogen-bond acceptors (Lipinski definition) is 5. The molecule has 3 N–H and O–H groups in total. The van der Waals surface area contributed by atoms with E-state index >= 15 is 0 Å². The van der Waals surface area contributed by atoms with E-state index in [2.05, 4.69) is 15.1 Å². The fourth-order valence-corrected chi connectivity index (χ4v) is 2.19. The van der Waals surface area contributed by atoms with Crippen LogP contribution in [0.3, 0.4) is 0 Å². The summed E-state index contributed by atoms with van der Waals surface area (Å²) in [7, 11) is 1.62. The Morgan fingerprint density at radius 2 is 2.05 bits per heavy atom. The number of amides is 1. The van der Waals surface area contributed by atoms with Crippen LogP contribution in [0.5, 0.6) is 0 Å². The summed E-state index contributed by atoms with van der Waals surface area (Å²) in [6.45, 7) is 7.09. The van der Waals surface area contributed by atoms with Crippen molar-refractivity contribution in [2.24, 2.45) is 5.73 Å². The van der Waals surface area contributed by atoms with Gasteiger partial charge in [0.25, 0.3) is 0 Å². The molecule has 1 saturated heterocycles. The van der Waals surface area contributed by atoms with Gasteiger partial charge >= 0.3 is 0 Å². The number of nitrogens with one attached hydrogen (secondary N) is 1. The first kappa shape index (κ1) is 16.3. The highest BCUT2D eigenvalue weighted by Crippen LogP contribution is 2.06. The Morgan fingerprint density at radius 3 is 2.58 bits per heavy atom. The predicted octanol–water partition coefficient (Wildman–Crippen LogP) is -0.959. The van der Waals surface area contributed by atoms with Gasteiger partial charge in [0.15, 0.2) is 0 Å². The molecule has 0 aromatic carbocycles. The van der Waals surface area contributed by atoms with Crippen LogP contribution in [0.4, 0.5) is 0 Å². The number of hydrogen-bond donors (Lipinski definition) is 2. The summed E-state index contributed by atoms with van der Waals surface area (Å²) in [5.74, 6) is 0.0490. The summed E-state index contributed by atoms with van der Waals surface area (Å²) in [6, 6.07) is 0.132. The van der Waals surface area contributed by atoms with Gasteiger partial charge in [-0.25, -0.2) is 0 Å². The molecule has 110 valence electrons. The molecule has 1 aliphatic rings. The van der Waals surface area contributed by atoms with Crippen LogP contribution in [0.1, 0.15) is 6.92 Å². The van der Waals surface area contributed by atoms with E-state index in [4.69, 9.17) is 22.7 Å². The summed E-state index contributed by atoms with van der Waals surface area (Å²) >= 11 is 5.00. The van der Waals surface area contributed by atoms with Gasteiger partial charge in [-0.1, -0.05) is 12.2 Å². The smallest absolute Gasteiger partial charge is 0.234 e. The summed E-state index contributed by atoms with van der Waals surface area (Å²) in [4.78, 5) is 16.6. The molecule has 1 unspecified atom stereocenters. The quantitative estimate of drug-likeness (QED) is 0.464. The van der Waals surface area contributed by atoms with Crippen LogP contribution in [-0.2, 0) is 9.53 Å². The molecule has 0 bridgehead atoms. The van der Waals surface area contributed by atoms with Crippen molar-refractivity contribution in [3.05, 3.63) is 0 Å². The molecule has 0 spiro atoms. The maximum Gasteiger partial charge on any atom is 0.234 e. The molecule has 1 atom stereocenters. The number of nitrogens with two attached hydrogens (primary N) is 1. The minimum atomic E-state index is 0.0490. The van der Waals surface area contributed by atoms with E-state index < -0.39 is 0 Å². The molecule has 1 heterocycles. The molecule has 0 aliphatic carbocycles. The second-order valence-electron chi connectivity index (χ2n) is 4.73. The van der Waals surface area contributed by atoms with Crippen molar-refractivity contribution >= 4 is 23.1 Å². The summed E-state index contributed by atoms with van der Waals surface area (Å²) in [5.41, 5.74) is 5.65. The number of piperazine rings is 1. The Morgan fingerprint density at radius 1 is 1.42 bits per heavy atom. The average Bonchev–Trinajstić information content (AvgIpc) is 2.39. The highest BCUT2D eigenvalue weighted by molar-refractivity contribution is 7.80. The Labute approximate surface area is 120 Å². The summed E-state index contributed by atoms with van der Waals surface area (Å²) in [6.07, 6.45) is 0. The van der Waals surface area contributed by atoms with Crippen molar-refractivity contribution in [3.63, 3.8) is 0 Å². The summed E-state index contributed by atoms with van der Waals surface area (Å²) < 4.78 is 4.89. The molecule has 1 rings (SSSR count). The van der Waals surface area contributed by atoms with Crippen molar-refractivity contribution in [2.45, 2.75) is 13.0 Å². The normalized spacial score (nSPS) is 19.1. The lowest BCUT2D eigenvalue weighted by atomic mass is 10.2. The standard InChI is InChI=1S/C12H24N4O2S/c1-10(12(13)19)16-6-4-15(5-7-16)9-11(17)14-3-8-18-2/h10H,3-9H2,1-2H3,(H2,13,19)(H,14,17). The molecule has 6 nitrogen and oxygen atoms in total. The Kier molecular flexibility index (Phi) is 7.22. The van der Waals surface area contributed by atoms with E-state index in [1.807, 2.05) is 6.92 Å². The SMILES string of the molecule is COCCNC(=O)CN1CCN(C(C)C(N)=S)CC1. The third kappa shape index (κ3) is 5.82. The zero-order chi connectivity index (χ0) is 14.3. The number of methoxy groups -OCH3 is 1. The van der Waals surface area contributed by atoms with E-state index in [9.17, 15) is 4.79 Å². The number of carbonyl (C=O) groups is 1. The molecule has 19 heavy (non-hydrogen) atoms. The molecular formula is C12H24N4O2S. The predicted molar refractivity (Wildman–Crippen MR) is 79.1 cm³/mol. The van der Waals surface area contributed by atoms with Gasteiger partial charge in [0.1, 0.15) is 0 Å². The van der Waals surface area contributed by atoms with Crippen molar-refractivity contribution in [3.8, 4) is 0 Å². The first-order valence-corrected chi connectivity index (χ1v) is 6.96. The van der Waals surface area contributed by atoms with Gasteiger partial charge in [0.2, 0.25) is 5.91 Å². The van der Waals surface area contributed by atoms with E-state index in [-0.39, 0.29) is 11.9 Å². The lowest BCUT2D eigenvalue weighted by molar-refractivity contribution is -0.122. The van der Waals surface area contributed by atoms with Crippen LogP contribution in [0.15, 0.2) is 0 Å². The van der Waals surface area contributed by atoms with E-state index in [0.29, 0.717) is 24.7 Å². The number of ether oxygens (including phenoxy) is 1. The van der Waals surface area contributed by atoms with Gasteiger partial charge in [-0.2, -0.15) is 0 Å². The highest BCUT2D eigenvalue weighted by Gasteiger charge is 2.23. The van der Waals surface area contributed by atoms with E-state index in [0.717, 1.165) is 26.2 Å². The molecule has 7 heteroatoms. The fourth-order valence-electron chi connectivity index (χ4n) is 2.04. The van der Waals surface area contributed by atoms with Crippen molar-refractivity contribution in [2.75, 3.05) is 53.0 Å². The first-order valence-electron chi connectivity index (χ1n) is 6.56. The van der Waals surface area contributed by atoms with Crippen LogP contribution in [-0.4, -0.2) is 79.7 Å². The third-order valence-corrected chi connectivity index (χ3v) is 3.70. The Hall–Kier alpha value is -0.760. The molecule has 1 amide bonds. The molecule has 0 aromatic rings. The molecular weight excluding hydrogens is 264 g/mol. The second-order valence-corrected chi connectivity index (χ2v) is 5.20. The minimum Gasteiger partial charge on any atom is -0.392 e. The average molecular weight is 288 g/mol. The molecule has 0 aromatic heterocycles. The van der Waals surface area contributed by atoms with Gasteiger partial charge < -0.3 is 15.8 Å². The van der Waals surface area contributed by atoms with Crippen LogP contribution in [0.2, 0.25) is 0 Å². The molecule has 1 fully saturated rings. The zero-order valence-electron chi connectivity index (χ0n) is 11.7. The number of nitrogens with zero attached hydrogens (tertiary/aromatic N) is 2. The van der Waals surface area contributed by atoms with Gasteiger partial charge in [-0.05, 0) is 6.92 Å². The van der Waals surface area contributed by atoms with E-state index in [1.165, 1.54) is 0 Å². The maximum atomic E-state index is 11.6. The zero-order valence-corrected chi connectivity index (χ0v) is 12.5. The first-order chi connectivity index (χ1) is 9.04. The van der Waals surface area contributed by atoms with Crippen molar-refractivity contribution < 1.29 is 9.53 Å². The summed E-state index contributed by atoms with van der Waals surface area (Å²) in [5, 5.41) is 2.82. The molecule has 0 radical (unpaired) electrons. The third-order valence-electron chi connectivity index (χ3n) is 3.36. The van der Waals surface area contributed by atoms with Crippen molar-refractivity contribution in [1.82, 2.24) is 15.1 Å². The van der Waals surface area contributed by atoms with Crippen LogP contribution < -0.4 is 11.1 Å². The van der Waals surface area contributed by atoms with Gasteiger partial charge in [0, 0.05) is 39.8 Å². The van der Waals surface area contributed by atoms with Gasteiger partial charge in [-0.3, -0.25) is 14.6 Å². The largest absolute Gasteiger partial charge is 0.392 e. The monoisotopic (exact) mass is 288 g/mol.